The van der Waals surface area contributed by atoms with Crippen LogP contribution in [-0.2, 0) is 9.59 Å². The normalized spacial score (nSPS) is 18.2. The summed E-state index contributed by atoms with van der Waals surface area (Å²) in [6.07, 6.45) is 3.33. The summed E-state index contributed by atoms with van der Waals surface area (Å²) in [7, 11) is 1.61. The Labute approximate surface area is 157 Å². The maximum absolute atomic E-state index is 13.6. The number of benzene rings is 1. The third-order valence-electron chi connectivity index (χ3n) is 4.82. The van der Waals surface area contributed by atoms with E-state index < -0.39 is 6.04 Å². The molecular weight excluding hydrogens is 349 g/mol. The monoisotopic (exact) mass is 373 g/mol. The molecular formula is C19H24FN5O2. The number of nitrogens with zero attached hydrogens (tertiary/aromatic N) is 4. The highest BCUT2D eigenvalue weighted by atomic mass is 19.1. The van der Waals surface area contributed by atoms with Gasteiger partial charge in [0.05, 0.1) is 12.6 Å². The van der Waals surface area contributed by atoms with Crippen molar-refractivity contribution >= 4 is 11.8 Å². The quantitative estimate of drug-likeness (QED) is 0.855. The molecule has 0 bridgehead atoms. The van der Waals surface area contributed by atoms with E-state index in [0.29, 0.717) is 19.6 Å². The predicted octanol–water partition coefficient (Wildman–Crippen LogP) is 1.21. The van der Waals surface area contributed by atoms with Crippen molar-refractivity contribution in [3.63, 3.8) is 0 Å². The SMILES string of the molecule is CC(C(=O)N(C)CC(=O)N1CCNCC1c1cccc(F)c1)n1cccn1. The zero-order chi connectivity index (χ0) is 19.4. The van der Waals surface area contributed by atoms with Crippen LogP contribution in [0.15, 0.2) is 42.7 Å². The fourth-order valence-electron chi connectivity index (χ4n) is 3.33. The van der Waals surface area contributed by atoms with E-state index in [1.807, 2.05) is 6.07 Å². The first-order chi connectivity index (χ1) is 13.0. The number of carbonyl (C=O) groups excluding carboxylic acids is 2. The molecule has 0 radical (unpaired) electrons. The first kappa shape index (κ1) is 19.0. The zero-order valence-corrected chi connectivity index (χ0v) is 15.5. The molecule has 0 aliphatic carbocycles. The summed E-state index contributed by atoms with van der Waals surface area (Å²) >= 11 is 0. The molecule has 1 aliphatic rings. The Morgan fingerprint density at radius 3 is 2.93 bits per heavy atom. The summed E-state index contributed by atoms with van der Waals surface area (Å²) < 4.78 is 15.2. The van der Waals surface area contributed by atoms with Gasteiger partial charge in [-0.05, 0) is 30.7 Å². The Hall–Kier alpha value is -2.74. The van der Waals surface area contributed by atoms with Gasteiger partial charge in [0.2, 0.25) is 11.8 Å². The molecule has 1 saturated heterocycles. The van der Waals surface area contributed by atoms with Crippen molar-refractivity contribution in [3.05, 3.63) is 54.1 Å². The van der Waals surface area contributed by atoms with Crippen LogP contribution in [0.5, 0.6) is 0 Å². The zero-order valence-electron chi connectivity index (χ0n) is 15.5. The number of rotatable bonds is 5. The number of likely N-dealkylation sites (N-methyl/N-ethyl adjacent to an activating group) is 1. The molecule has 2 heterocycles. The van der Waals surface area contributed by atoms with Gasteiger partial charge < -0.3 is 15.1 Å². The van der Waals surface area contributed by atoms with Gasteiger partial charge in [-0.15, -0.1) is 0 Å². The molecule has 1 fully saturated rings. The summed E-state index contributed by atoms with van der Waals surface area (Å²) in [5.41, 5.74) is 0.745. The lowest BCUT2D eigenvalue weighted by molar-refractivity contribution is -0.143. The second-order valence-corrected chi connectivity index (χ2v) is 6.72. The third-order valence-corrected chi connectivity index (χ3v) is 4.82. The van der Waals surface area contributed by atoms with Gasteiger partial charge >= 0.3 is 0 Å². The minimum absolute atomic E-state index is 0.0315. The highest BCUT2D eigenvalue weighted by molar-refractivity contribution is 5.86. The predicted molar refractivity (Wildman–Crippen MR) is 98.3 cm³/mol. The van der Waals surface area contributed by atoms with Crippen LogP contribution in [0.2, 0.25) is 0 Å². The number of aromatic nitrogens is 2. The second-order valence-electron chi connectivity index (χ2n) is 6.72. The van der Waals surface area contributed by atoms with E-state index in [-0.39, 0.29) is 30.2 Å². The summed E-state index contributed by atoms with van der Waals surface area (Å²) in [6, 6.07) is 7.30. The molecule has 27 heavy (non-hydrogen) atoms. The summed E-state index contributed by atoms with van der Waals surface area (Å²) in [5.74, 6) is -0.676. The molecule has 3 rings (SSSR count). The molecule has 2 amide bonds. The highest BCUT2D eigenvalue weighted by Crippen LogP contribution is 2.23. The fraction of sp³-hybridized carbons (Fsp3) is 0.421. The number of carbonyl (C=O) groups is 2. The first-order valence-corrected chi connectivity index (χ1v) is 8.97. The molecule has 2 unspecified atom stereocenters. The molecule has 1 N–H and O–H groups in total. The van der Waals surface area contributed by atoms with E-state index in [0.717, 1.165) is 5.56 Å². The van der Waals surface area contributed by atoms with Crippen molar-refractivity contribution in [2.24, 2.45) is 0 Å². The number of halogens is 1. The summed E-state index contributed by atoms with van der Waals surface area (Å²) in [4.78, 5) is 28.6. The molecule has 144 valence electrons. The van der Waals surface area contributed by atoms with Crippen LogP contribution in [0, 0.1) is 5.82 Å². The van der Waals surface area contributed by atoms with Gasteiger partial charge in [0, 0.05) is 39.1 Å². The van der Waals surface area contributed by atoms with E-state index >= 15 is 0 Å². The lowest BCUT2D eigenvalue weighted by Crippen LogP contribution is -2.52. The molecule has 2 atom stereocenters. The van der Waals surface area contributed by atoms with Gasteiger partial charge in [-0.3, -0.25) is 14.3 Å². The highest BCUT2D eigenvalue weighted by Gasteiger charge is 2.30. The van der Waals surface area contributed by atoms with Gasteiger partial charge in [0.25, 0.3) is 0 Å². The van der Waals surface area contributed by atoms with Crippen molar-refractivity contribution in [3.8, 4) is 0 Å². The van der Waals surface area contributed by atoms with Crippen molar-refractivity contribution in [1.82, 2.24) is 24.9 Å². The summed E-state index contributed by atoms with van der Waals surface area (Å²) in [5, 5.41) is 7.32. The molecule has 0 spiro atoms. The van der Waals surface area contributed by atoms with Crippen LogP contribution in [0.3, 0.4) is 0 Å². The molecule has 0 saturated carbocycles. The maximum atomic E-state index is 13.6. The average molecular weight is 373 g/mol. The van der Waals surface area contributed by atoms with E-state index in [4.69, 9.17) is 0 Å². The van der Waals surface area contributed by atoms with Gasteiger partial charge in [-0.25, -0.2) is 4.39 Å². The molecule has 8 heteroatoms. The Bertz CT molecular complexity index is 795. The van der Waals surface area contributed by atoms with E-state index in [1.165, 1.54) is 17.0 Å². The minimum atomic E-state index is -0.486. The maximum Gasteiger partial charge on any atom is 0.247 e. The van der Waals surface area contributed by atoms with Gasteiger partial charge in [0.1, 0.15) is 11.9 Å². The Morgan fingerprint density at radius 2 is 2.22 bits per heavy atom. The van der Waals surface area contributed by atoms with Crippen LogP contribution >= 0.6 is 0 Å². The topological polar surface area (TPSA) is 70.5 Å². The van der Waals surface area contributed by atoms with Crippen LogP contribution < -0.4 is 5.32 Å². The fourth-order valence-corrected chi connectivity index (χ4v) is 3.33. The molecule has 1 aromatic heterocycles. The minimum Gasteiger partial charge on any atom is -0.335 e. The van der Waals surface area contributed by atoms with Crippen LogP contribution in [-0.4, -0.2) is 64.6 Å². The number of piperazine rings is 1. The standard InChI is InChI=1S/C19H24FN5O2/c1-14(25-9-4-7-22-25)19(27)23(2)13-18(26)24-10-8-21-12-17(24)15-5-3-6-16(20)11-15/h3-7,9,11,14,17,21H,8,10,12-13H2,1-2H3. The Morgan fingerprint density at radius 1 is 1.41 bits per heavy atom. The van der Waals surface area contributed by atoms with Crippen LogP contribution in [0.25, 0.3) is 0 Å². The van der Waals surface area contributed by atoms with Gasteiger partial charge in [0.15, 0.2) is 0 Å². The lowest BCUT2D eigenvalue weighted by atomic mass is 10.0. The number of hydrogen-bond donors (Lipinski definition) is 1. The Balaban J connectivity index is 1.68. The van der Waals surface area contributed by atoms with Crippen molar-refractivity contribution in [2.75, 3.05) is 33.2 Å². The van der Waals surface area contributed by atoms with Crippen molar-refractivity contribution < 1.29 is 14.0 Å². The second kappa shape index (κ2) is 8.30. The number of hydrogen-bond acceptors (Lipinski definition) is 4. The molecule has 1 aliphatic heterocycles. The first-order valence-electron chi connectivity index (χ1n) is 8.97. The largest absolute Gasteiger partial charge is 0.335 e. The average Bonchev–Trinajstić information content (AvgIpc) is 3.21. The van der Waals surface area contributed by atoms with Crippen LogP contribution in [0.1, 0.15) is 24.6 Å². The number of amides is 2. The third kappa shape index (κ3) is 4.33. The van der Waals surface area contributed by atoms with Crippen molar-refractivity contribution in [1.29, 1.82) is 0 Å². The molecule has 2 aromatic rings. The van der Waals surface area contributed by atoms with Crippen molar-refractivity contribution in [2.45, 2.75) is 19.0 Å². The molecule has 1 aromatic carbocycles. The lowest BCUT2D eigenvalue weighted by Gasteiger charge is -2.37. The van der Waals surface area contributed by atoms with Crippen LogP contribution in [0.4, 0.5) is 4.39 Å². The van der Waals surface area contributed by atoms with Gasteiger partial charge in [-0.2, -0.15) is 5.10 Å². The van der Waals surface area contributed by atoms with Gasteiger partial charge in [-0.1, -0.05) is 12.1 Å². The molecule has 7 nitrogen and oxygen atoms in total. The van der Waals surface area contributed by atoms with E-state index in [9.17, 15) is 14.0 Å². The summed E-state index contributed by atoms with van der Waals surface area (Å²) in [6.45, 7) is 3.44. The van der Waals surface area contributed by atoms with E-state index in [2.05, 4.69) is 10.4 Å². The van der Waals surface area contributed by atoms with E-state index in [1.54, 1.807) is 48.1 Å². The Kier molecular flexibility index (Phi) is 5.85. The smallest absolute Gasteiger partial charge is 0.247 e. The number of nitrogens with one attached hydrogen (secondary N) is 1.